The lowest BCUT2D eigenvalue weighted by Gasteiger charge is -2.29. The van der Waals surface area contributed by atoms with Gasteiger partial charge in [-0.15, -0.1) is 0 Å². The lowest BCUT2D eigenvalue weighted by molar-refractivity contribution is -0.243. The summed E-state index contributed by atoms with van der Waals surface area (Å²) in [6.07, 6.45) is -1.48. The van der Waals surface area contributed by atoms with Gasteiger partial charge >= 0.3 is 28.9 Å². The van der Waals surface area contributed by atoms with Gasteiger partial charge in [0.15, 0.2) is 0 Å². The molecule has 0 aliphatic rings. The van der Waals surface area contributed by atoms with Gasteiger partial charge in [-0.05, 0) is 12.5 Å². The van der Waals surface area contributed by atoms with Crippen LogP contribution in [0.1, 0.15) is 25.8 Å². The molecule has 1 atom stereocenters. The lowest BCUT2D eigenvalue weighted by atomic mass is 10.2. The third-order valence-corrected chi connectivity index (χ3v) is 3.78. The number of ether oxygens (including phenoxy) is 3. The topological polar surface area (TPSA) is 61.8 Å². The Kier molecular flexibility index (Phi) is 8.06. The van der Waals surface area contributed by atoms with E-state index in [2.05, 4.69) is 19.2 Å². The van der Waals surface area contributed by atoms with Gasteiger partial charge < -0.3 is 14.2 Å². The number of thiol groups is 1. The molecule has 156 valence electrons. The van der Waals surface area contributed by atoms with Gasteiger partial charge in [0.2, 0.25) is 0 Å². The molecular weight excluding hydrogens is 404 g/mol. The third kappa shape index (κ3) is 6.83. The predicted molar refractivity (Wildman–Crippen MR) is 95.0 cm³/mol. The Hall–Kier alpha value is -2.07. The molecule has 1 unspecified atom stereocenters. The molecule has 0 N–H and O–H groups in total. The number of hydrogen-bond acceptors (Lipinski definition) is 6. The minimum Gasteiger partial charge on any atom is -0.456 e. The van der Waals surface area contributed by atoms with Gasteiger partial charge in [-0.2, -0.15) is 17.6 Å². The van der Waals surface area contributed by atoms with Crippen LogP contribution < -0.4 is 0 Å². The molecule has 1 rings (SSSR count). The van der Waals surface area contributed by atoms with E-state index in [1.54, 1.807) is 30.3 Å². The van der Waals surface area contributed by atoms with E-state index in [0.717, 1.165) is 6.92 Å². The normalized spacial score (nSPS) is 14.1. The first-order chi connectivity index (χ1) is 12.8. The second-order valence-corrected chi connectivity index (χ2v) is 6.58. The Bertz CT molecular complexity index is 706. The van der Waals surface area contributed by atoms with Gasteiger partial charge in [-0.1, -0.05) is 49.5 Å². The zero-order valence-electron chi connectivity index (χ0n) is 15.2. The minimum atomic E-state index is -4.59. The van der Waals surface area contributed by atoms with Crippen molar-refractivity contribution in [1.29, 1.82) is 0 Å². The van der Waals surface area contributed by atoms with E-state index in [1.807, 2.05) is 0 Å². The van der Waals surface area contributed by atoms with E-state index in [9.17, 15) is 27.2 Å². The standard InChI is InChI=1S/C18H20F4O5S/c1-12(2)14(23)27-16(3,26-10-9-17(19,20)18(21,22)28)15(24)25-11-13-7-5-4-6-8-13/h4-8,28H,1,9-11H2,2-3H3. The van der Waals surface area contributed by atoms with Crippen LogP contribution >= 0.6 is 12.6 Å². The fraction of sp³-hybridized carbons (Fsp3) is 0.444. The van der Waals surface area contributed by atoms with Crippen molar-refractivity contribution in [2.45, 2.75) is 43.8 Å². The number of hydrogen-bond donors (Lipinski definition) is 1. The summed E-state index contributed by atoms with van der Waals surface area (Å²) < 4.78 is 67.0. The highest BCUT2D eigenvalue weighted by Crippen LogP contribution is 2.40. The minimum absolute atomic E-state index is 0.0992. The number of rotatable bonds is 10. The van der Waals surface area contributed by atoms with Crippen LogP contribution in [0.3, 0.4) is 0 Å². The SMILES string of the molecule is C=C(C)C(=O)OC(C)(OCCC(F)(F)C(F)(F)S)C(=O)OCc1ccccc1. The van der Waals surface area contributed by atoms with E-state index in [4.69, 9.17) is 14.2 Å². The molecule has 0 aliphatic carbocycles. The molecule has 0 radical (unpaired) electrons. The van der Waals surface area contributed by atoms with E-state index in [-0.39, 0.29) is 12.2 Å². The van der Waals surface area contributed by atoms with Crippen LogP contribution in [0.4, 0.5) is 17.6 Å². The van der Waals surface area contributed by atoms with Crippen molar-refractivity contribution in [2.24, 2.45) is 0 Å². The summed E-state index contributed by atoms with van der Waals surface area (Å²) in [6.45, 7) is 4.32. The molecule has 1 aromatic carbocycles. The van der Waals surface area contributed by atoms with Gasteiger partial charge in [0.25, 0.3) is 0 Å². The number of carbonyl (C=O) groups is 2. The van der Waals surface area contributed by atoms with Crippen molar-refractivity contribution in [3.05, 3.63) is 48.0 Å². The highest BCUT2D eigenvalue weighted by atomic mass is 32.1. The van der Waals surface area contributed by atoms with Gasteiger partial charge in [-0.25, -0.2) is 9.59 Å². The van der Waals surface area contributed by atoms with Crippen LogP contribution in [0, 0.1) is 0 Å². The maximum atomic E-state index is 13.3. The van der Waals surface area contributed by atoms with E-state index >= 15 is 0 Å². The van der Waals surface area contributed by atoms with Crippen molar-refractivity contribution in [2.75, 3.05) is 6.61 Å². The van der Waals surface area contributed by atoms with E-state index < -0.39 is 41.9 Å². The Morgan fingerprint density at radius 2 is 1.71 bits per heavy atom. The molecule has 0 saturated carbocycles. The summed E-state index contributed by atoms with van der Waals surface area (Å²) in [7, 11) is 0. The molecule has 28 heavy (non-hydrogen) atoms. The Morgan fingerprint density at radius 3 is 2.21 bits per heavy atom. The quantitative estimate of drug-likeness (QED) is 0.201. The van der Waals surface area contributed by atoms with Crippen LogP contribution in [0.2, 0.25) is 0 Å². The summed E-state index contributed by atoms with van der Waals surface area (Å²) >= 11 is 2.55. The molecule has 0 spiro atoms. The third-order valence-electron chi connectivity index (χ3n) is 3.45. The fourth-order valence-electron chi connectivity index (χ4n) is 1.77. The summed E-state index contributed by atoms with van der Waals surface area (Å²) in [5, 5.41) is -4.59. The number of esters is 2. The molecule has 1 aromatic rings. The number of benzene rings is 1. The first-order valence-electron chi connectivity index (χ1n) is 8.00. The first kappa shape index (κ1) is 24.0. The van der Waals surface area contributed by atoms with Gasteiger partial charge in [-0.3, -0.25) is 0 Å². The summed E-state index contributed by atoms with van der Waals surface area (Å²) in [5.74, 6) is -9.20. The van der Waals surface area contributed by atoms with E-state index in [0.29, 0.717) is 5.56 Å². The second-order valence-electron chi connectivity index (χ2n) is 6.02. The zero-order valence-corrected chi connectivity index (χ0v) is 16.1. The Balaban J connectivity index is 2.85. The van der Waals surface area contributed by atoms with Crippen LogP contribution in [-0.2, 0) is 30.4 Å². The molecule has 0 aliphatic heterocycles. The molecule has 10 heteroatoms. The molecular formula is C18H20F4O5S. The molecule has 0 heterocycles. The molecule has 0 amide bonds. The van der Waals surface area contributed by atoms with Crippen LogP contribution in [0.15, 0.2) is 42.5 Å². The van der Waals surface area contributed by atoms with Crippen molar-refractivity contribution >= 4 is 24.6 Å². The maximum Gasteiger partial charge on any atom is 0.379 e. The average Bonchev–Trinajstić information content (AvgIpc) is 2.59. The second kappa shape index (κ2) is 9.42. The number of carbonyl (C=O) groups excluding carboxylic acids is 2. The molecule has 5 nitrogen and oxygen atoms in total. The van der Waals surface area contributed by atoms with Crippen molar-refractivity contribution in [3.8, 4) is 0 Å². The fourth-order valence-corrected chi connectivity index (χ4v) is 1.88. The van der Waals surface area contributed by atoms with Crippen molar-refractivity contribution in [1.82, 2.24) is 0 Å². The molecule has 0 fully saturated rings. The van der Waals surface area contributed by atoms with Crippen LogP contribution in [-0.4, -0.2) is 35.5 Å². The summed E-state index contributed by atoms with van der Waals surface area (Å²) in [4.78, 5) is 24.1. The Labute approximate surface area is 165 Å². The highest BCUT2D eigenvalue weighted by molar-refractivity contribution is 7.81. The number of halogens is 4. The highest BCUT2D eigenvalue weighted by Gasteiger charge is 2.53. The first-order valence-corrected chi connectivity index (χ1v) is 8.45. The lowest BCUT2D eigenvalue weighted by Crippen LogP contribution is -2.46. The maximum absolute atomic E-state index is 13.3. The van der Waals surface area contributed by atoms with E-state index in [1.165, 1.54) is 6.92 Å². The monoisotopic (exact) mass is 424 g/mol. The van der Waals surface area contributed by atoms with Crippen LogP contribution in [0.5, 0.6) is 0 Å². The Morgan fingerprint density at radius 1 is 1.14 bits per heavy atom. The molecule has 0 saturated heterocycles. The number of alkyl halides is 4. The zero-order chi connectivity index (χ0) is 21.6. The van der Waals surface area contributed by atoms with Crippen molar-refractivity contribution < 1.29 is 41.4 Å². The molecule has 0 aromatic heterocycles. The predicted octanol–water partition coefficient (Wildman–Crippen LogP) is 4.13. The van der Waals surface area contributed by atoms with Crippen LogP contribution in [0.25, 0.3) is 0 Å². The smallest absolute Gasteiger partial charge is 0.379 e. The summed E-state index contributed by atoms with van der Waals surface area (Å²) in [5.41, 5.74) is 0.503. The van der Waals surface area contributed by atoms with Gasteiger partial charge in [0.1, 0.15) is 6.61 Å². The summed E-state index contributed by atoms with van der Waals surface area (Å²) in [6, 6.07) is 8.44. The molecule has 0 bridgehead atoms. The van der Waals surface area contributed by atoms with Crippen molar-refractivity contribution in [3.63, 3.8) is 0 Å². The van der Waals surface area contributed by atoms with Gasteiger partial charge in [0.05, 0.1) is 6.61 Å². The largest absolute Gasteiger partial charge is 0.456 e. The average molecular weight is 424 g/mol. The van der Waals surface area contributed by atoms with Gasteiger partial charge in [0, 0.05) is 18.9 Å².